The van der Waals surface area contributed by atoms with E-state index in [1.807, 2.05) is 36.4 Å². The van der Waals surface area contributed by atoms with E-state index in [9.17, 15) is 4.39 Å². The van der Waals surface area contributed by atoms with Gasteiger partial charge in [0.15, 0.2) is 11.7 Å². The minimum Gasteiger partial charge on any atom is -0.356 e. The van der Waals surface area contributed by atoms with Gasteiger partial charge in [-0.3, -0.25) is 4.99 Å². The second kappa shape index (κ2) is 9.91. The van der Waals surface area contributed by atoms with Crippen molar-refractivity contribution >= 4 is 29.9 Å². The summed E-state index contributed by atoms with van der Waals surface area (Å²) < 4.78 is 18.3. The molecule has 0 saturated heterocycles. The maximum Gasteiger partial charge on any atom is 0.191 e. The summed E-state index contributed by atoms with van der Waals surface area (Å²) in [5.41, 5.74) is 2.74. The first kappa shape index (κ1) is 19.9. The highest BCUT2D eigenvalue weighted by Crippen LogP contribution is 2.19. The van der Waals surface area contributed by atoms with Crippen LogP contribution in [-0.2, 0) is 13.1 Å². The first-order chi connectivity index (χ1) is 12.2. The van der Waals surface area contributed by atoms with Crippen molar-refractivity contribution in [2.24, 2.45) is 4.99 Å². The average Bonchev–Trinajstić information content (AvgIpc) is 3.13. The molecular formula is C19H20FIN4O. The molecule has 1 aromatic heterocycles. The first-order valence-corrected chi connectivity index (χ1v) is 7.94. The Labute approximate surface area is 168 Å². The van der Waals surface area contributed by atoms with Crippen molar-refractivity contribution in [2.75, 3.05) is 7.05 Å². The molecule has 0 spiro atoms. The van der Waals surface area contributed by atoms with E-state index in [-0.39, 0.29) is 29.8 Å². The molecule has 3 rings (SSSR count). The molecule has 2 N–H and O–H groups in total. The molecule has 7 heteroatoms. The Morgan fingerprint density at radius 2 is 1.73 bits per heavy atom. The highest BCUT2D eigenvalue weighted by Gasteiger charge is 2.07. The van der Waals surface area contributed by atoms with E-state index in [0.29, 0.717) is 19.0 Å². The van der Waals surface area contributed by atoms with E-state index in [2.05, 4.69) is 20.8 Å². The smallest absolute Gasteiger partial charge is 0.191 e. The molecule has 0 fully saturated rings. The monoisotopic (exact) mass is 466 g/mol. The number of nitrogens with one attached hydrogen (secondary N) is 2. The fourth-order valence-electron chi connectivity index (χ4n) is 2.32. The third kappa shape index (κ3) is 5.55. The molecule has 0 saturated carbocycles. The fraction of sp³-hybridized carbons (Fsp3) is 0.158. The lowest BCUT2D eigenvalue weighted by atomic mass is 10.2. The van der Waals surface area contributed by atoms with Crippen LogP contribution >= 0.6 is 24.0 Å². The zero-order valence-corrected chi connectivity index (χ0v) is 16.6. The Balaban J connectivity index is 0.00000243. The summed E-state index contributed by atoms with van der Waals surface area (Å²) in [6.07, 6.45) is 0. The molecule has 5 nitrogen and oxygen atoms in total. The Morgan fingerprint density at radius 3 is 2.42 bits per heavy atom. The molecule has 0 radical (unpaired) electrons. The zero-order valence-electron chi connectivity index (χ0n) is 14.3. The second-order valence-electron chi connectivity index (χ2n) is 5.45. The Bertz CT molecular complexity index is 834. The van der Waals surface area contributed by atoms with Crippen molar-refractivity contribution in [3.63, 3.8) is 0 Å². The van der Waals surface area contributed by atoms with Gasteiger partial charge in [-0.2, -0.15) is 0 Å². The number of hydrogen-bond acceptors (Lipinski definition) is 3. The number of aliphatic imine (C=N–C) groups is 1. The van der Waals surface area contributed by atoms with Crippen LogP contribution in [0.3, 0.4) is 0 Å². The molecule has 0 bridgehead atoms. The highest BCUT2D eigenvalue weighted by molar-refractivity contribution is 14.0. The highest BCUT2D eigenvalue weighted by atomic mass is 127. The standard InChI is InChI=1S/C19H19FN4O.HI/c1-21-19(22-12-14-7-9-16(20)10-8-14)23-13-17-11-18(25-24-17)15-5-3-2-4-6-15;/h2-11H,12-13H2,1H3,(H2,21,22,23);1H. The van der Waals surface area contributed by atoms with Gasteiger partial charge in [-0.05, 0) is 17.7 Å². The summed E-state index contributed by atoms with van der Waals surface area (Å²) in [6.45, 7) is 1.04. The number of aromatic nitrogens is 1. The quantitative estimate of drug-likeness (QED) is 0.340. The van der Waals surface area contributed by atoms with Crippen molar-refractivity contribution in [1.29, 1.82) is 0 Å². The molecule has 0 atom stereocenters. The normalized spacial score (nSPS) is 10.9. The number of guanidine groups is 1. The molecule has 1 heterocycles. The lowest BCUT2D eigenvalue weighted by Crippen LogP contribution is -2.36. The number of halogens is 2. The van der Waals surface area contributed by atoms with Gasteiger partial charge >= 0.3 is 0 Å². The zero-order chi connectivity index (χ0) is 17.5. The number of hydrogen-bond donors (Lipinski definition) is 2. The molecule has 0 aliphatic heterocycles. The van der Waals surface area contributed by atoms with Crippen LogP contribution in [0.5, 0.6) is 0 Å². The van der Waals surface area contributed by atoms with Crippen molar-refractivity contribution < 1.29 is 8.91 Å². The Hall–Kier alpha value is -2.42. The van der Waals surface area contributed by atoms with Crippen molar-refractivity contribution in [3.05, 3.63) is 77.7 Å². The summed E-state index contributed by atoms with van der Waals surface area (Å²) in [7, 11) is 1.69. The van der Waals surface area contributed by atoms with Gasteiger partial charge < -0.3 is 15.2 Å². The van der Waals surface area contributed by atoms with Crippen molar-refractivity contribution in [3.8, 4) is 11.3 Å². The molecule has 2 aromatic carbocycles. The van der Waals surface area contributed by atoms with E-state index in [0.717, 1.165) is 22.6 Å². The van der Waals surface area contributed by atoms with E-state index < -0.39 is 0 Å². The van der Waals surface area contributed by atoms with Crippen LogP contribution in [0.1, 0.15) is 11.3 Å². The third-order valence-electron chi connectivity index (χ3n) is 3.65. The molecule has 0 unspecified atom stereocenters. The lowest BCUT2D eigenvalue weighted by molar-refractivity contribution is 0.422. The van der Waals surface area contributed by atoms with Crippen LogP contribution in [-0.4, -0.2) is 18.2 Å². The predicted molar refractivity (Wildman–Crippen MR) is 111 cm³/mol. The van der Waals surface area contributed by atoms with Crippen LogP contribution in [0.2, 0.25) is 0 Å². The number of rotatable bonds is 5. The number of benzene rings is 2. The van der Waals surface area contributed by atoms with E-state index in [4.69, 9.17) is 4.52 Å². The molecule has 3 aromatic rings. The SMILES string of the molecule is CN=C(NCc1ccc(F)cc1)NCc1cc(-c2ccccc2)on1.I. The van der Waals surface area contributed by atoms with Gasteiger partial charge in [0.1, 0.15) is 11.5 Å². The predicted octanol–water partition coefficient (Wildman–Crippen LogP) is 3.96. The number of nitrogens with zero attached hydrogens (tertiary/aromatic N) is 2. The van der Waals surface area contributed by atoms with Gasteiger partial charge in [0.05, 0.1) is 6.54 Å². The Morgan fingerprint density at radius 1 is 1.04 bits per heavy atom. The summed E-state index contributed by atoms with van der Waals surface area (Å²) >= 11 is 0. The van der Waals surface area contributed by atoms with Crippen LogP contribution in [0.4, 0.5) is 4.39 Å². The molecular weight excluding hydrogens is 446 g/mol. The van der Waals surface area contributed by atoms with Crippen LogP contribution < -0.4 is 10.6 Å². The summed E-state index contributed by atoms with van der Waals surface area (Å²) in [6, 6.07) is 18.1. The van der Waals surface area contributed by atoms with Gasteiger partial charge in [-0.15, -0.1) is 24.0 Å². The minimum atomic E-state index is -0.244. The van der Waals surface area contributed by atoms with Gasteiger partial charge in [0.2, 0.25) is 0 Å². The molecule has 0 aliphatic carbocycles. The average molecular weight is 466 g/mol. The topological polar surface area (TPSA) is 62.5 Å². The summed E-state index contributed by atoms with van der Waals surface area (Å²) in [5, 5.41) is 10.4. The van der Waals surface area contributed by atoms with Crippen LogP contribution in [0.15, 0.2) is 70.2 Å². The van der Waals surface area contributed by atoms with Gasteiger partial charge in [-0.25, -0.2) is 4.39 Å². The van der Waals surface area contributed by atoms with Gasteiger partial charge in [0, 0.05) is 25.2 Å². The fourth-order valence-corrected chi connectivity index (χ4v) is 2.32. The van der Waals surface area contributed by atoms with Crippen molar-refractivity contribution in [1.82, 2.24) is 15.8 Å². The molecule has 0 amide bonds. The second-order valence-corrected chi connectivity index (χ2v) is 5.45. The minimum absolute atomic E-state index is 0. The molecule has 136 valence electrons. The summed E-state index contributed by atoms with van der Waals surface area (Å²) in [4.78, 5) is 4.16. The first-order valence-electron chi connectivity index (χ1n) is 7.94. The van der Waals surface area contributed by atoms with Gasteiger partial charge in [0.25, 0.3) is 0 Å². The maximum atomic E-state index is 12.9. The lowest BCUT2D eigenvalue weighted by Gasteiger charge is -2.10. The third-order valence-corrected chi connectivity index (χ3v) is 3.65. The largest absolute Gasteiger partial charge is 0.356 e. The summed E-state index contributed by atoms with van der Waals surface area (Å²) in [5.74, 6) is 1.12. The van der Waals surface area contributed by atoms with Crippen molar-refractivity contribution in [2.45, 2.75) is 13.1 Å². The van der Waals surface area contributed by atoms with Gasteiger partial charge in [-0.1, -0.05) is 47.6 Å². The van der Waals surface area contributed by atoms with E-state index in [1.54, 1.807) is 19.2 Å². The maximum absolute atomic E-state index is 12.9. The van der Waals surface area contributed by atoms with Crippen LogP contribution in [0, 0.1) is 5.82 Å². The molecule has 26 heavy (non-hydrogen) atoms. The van der Waals surface area contributed by atoms with E-state index in [1.165, 1.54) is 12.1 Å². The molecule has 0 aliphatic rings. The van der Waals surface area contributed by atoms with E-state index >= 15 is 0 Å². The van der Waals surface area contributed by atoms with Crippen LogP contribution in [0.25, 0.3) is 11.3 Å². The Kier molecular flexibility index (Phi) is 7.58.